The molecule has 0 saturated carbocycles. The second-order valence-corrected chi connectivity index (χ2v) is 8.69. The molecule has 0 unspecified atom stereocenters. The van der Waals surface area contributed by atoms with Crippen molar-refractivity contribution in [3.63, 3.8) is 0 Å². The second kappa shape index (κ2) is 8.20. The van der Waals surface area contributed by atoms with Gasteiger partial charge in [0.1, 0.15) is 5.69 Å². The van der Waals surface area contributed by atoms with E-state index in [1.165, 1.54) is 5.56 Å². The van der Waals surface area contributed by atoms with Crippen LogP contribution in [-0.2, 0) is 6.54 Å². The molecule has 5 aromatic heterocycles. The number of aromatic amines is 2. The molecule has 0 aliphatic carbocycles. The van der Waals surface area contributed by atoms with Crippen molar-refractivity contribution in [1.82, 2.24) is 35.0 Å². The SMILES string of the molecule is CN(C)Cc1cncc(-c2ccc3[nH]nc(-c4cc5c(-c6ccncc6)nccc5[nH]4)c3c2)c1. The van der Waals surface area contributed by atoms with Crippen molar-refractivity contribution >= 4 is 21.8 Å². The molecule has 5 heterocycles. The van der Waals surface area contributed by atoms with Crippen LogP contribution >= 0.6 is 0 Å². The molecule has 0 bridgehead atoms. The van der Waals surface area contributed by atoms with Crippen LogP contribution in [0.1, 0.15) is 5.56 Å². The maximum absolute atomic E-state index is 4.65. The van der Waals surface area contributed by atoms with Gasteiger partial charge in [0.15, 0.2) is 0 Å². The Morgan fingerprint density at radius 1 is 0.735 bits per heavy atom. The van der Waals surface area contributed by atoms with Crippen molar-refractivity contribution < 1.29 is 0 Å². The highest BCUT2D eigenvalue weighted by Gasteiger charge is 2.15. The van der Waals surface area contributed by atoms with E-state index in [4.69, 9.17) is 0 Å². The van der Waals surface area contributed by atoms with Gasteiger partial charge in [0.2, 0.25) is 0 Å². The number of benzene rings is 1. The molecule has 1 aromatic carbocycles. The Morgan fingerprint density at radius 2 is 1.59 bits per heavy atom. The lowest BCUT2D eigenvalue weighted by Gasteiger charge is -2.10. The van der Waals surface area contributed by atoms with Gasteiger partial charge >= 0.3 is 0 Å². The molecule has 0 fully saturated rings. The minimum absolute atomic E-state index is 0.850. The molecule has 0 amide bonds. The summed E-state index contributed by atoms with van der Waals surface area (Å²) in [5.74, 6) is 0. The number of H-pyrrole nitrogens is 2. The zero-order valence-corrected chi connectivity index (χ0v) is 18.9. The molecule has 7 heteroatoms. The molecule has 0 saturated heterocycles. The molecule has 6 rings (SSSR count). The summed E-state index contributed by atoms with van der Waals surface area (Å²) in [5.41, 5.74) is 9.17. The molecule has 0 spiro atoms. The van der Waals surface area contributed by atoms with Crippen LogP contribution in [0, 0.1) is 0 Å². The molecule has 2 N–H and O–H groups in total. The smallest absolute Gasteiger partial charge is 0.116 e. The monoisotopic (exact) mass is 445 g/mol. The summed E-state index contributed by atoms with van der Waals surface area (Å²) in [7, 11) is 4.12. The molecule has 6 aromatic rings. The normalized spacial score (nSPS) is 11.6. The summed E-state index contributed by atoms with van der Waals surface area (Å²) in [6, 6.07) is 16.6. The molecular weight excluding hydrogens is 422 g/mol. The highest BCUT2D eigenvalue weighted by atomic mass is 15.1. The summed E-state index contributed by atoms with van der Waals surface area (Å²) in [5, 5.41) is 9.93. The van der Waals surface area contributed by atoms with Crippen molar-refractivity contribution in [3.05, 3.63) is 85.1 Å². The molecule has 0 aliphatic rings. The van der Waals surface area contributed by atoms with Crippen molar-refractivity contribution in [2.45, 2.75) is 6.54 Å². The van der Waals surface area contributed by atoms with Crippen LogP contribution in [0.3, 0.4) is 0 Å². The van der Waals surface area contributed by atoms with Gasteiger partial charge in [0.05, 0.1) is 16.9 Å². The van der Waals surface area contributed by atoms with Gasteiger partial charge in [-0.25, -0.2) is 0 Å². The number of hydrogen-bond acceptors (Lipinski definition) is 5. The first kappa shape index (κ1) is 20.3. The molecule has 0 atom stereocenters. The number of hydrogen-bond donors (Lipinski definition) is 2. The molecule has 0 aliphatic heterocycles. The van der Waals surface area contributed by atoms with E-state index in [-0.39, 0.29) is 0 Å². The minimum atomic E-state index is 0.850. The van der Waals surface area contributed by atoms with E-state index in [0.29, 0.717) is 0 Å². The molecular formula is C27H23N7. The Balaban J connectivity index is 1.45. The Morgan fingerprint density at radius 3 is 2.44 bits per heavy atom. The minimum Gasteiger partial charge on any atom is -0.353 e. The van der Waals surface area contributed by atoms with Gasteiger partial charge in [-0.2, -0.15) is 5.10 Å². The maximum atomic E-state index is 4.65. The Labute approximate surface area is 196 Å². The number of rotatable bonds is 5. The fourth-order valence-electron chi connectivity index (χ4n) is 4.42. The summed E-state index contributed by atoms with van der Waals surface area (Å²) in [6.45, 7) is 0.850. The van der Waals surface area contributed by atoms with Gasteiger partial charge < -0.3 is 9.88 Å². The van der Waals surface area contributed by atoms with Gasteiger partial charge in [0.25, 0.3) is 0 Å². The van der Waals surface area contributed by atoms with Crippen LogP contribution in [0.2, 0.25) is 0 Å². The van der Waals surface area contributed by atoms with Crippen molar-refractivity contribution in [1.29, 1.82) is 0 Å². The molecule has 166 valence electrons. The largest absolute Gasteiger partial charge is 0.353 e. The van der Waals surface area contributed by atoms with Gasteiger partial charge in [0, 0.05) is 64.9 Å². The molecule has 0 radical (unpaired) electrons. The van der Waals surface area contributed by atoms with E-state index in [1.807, 2.05) is 36.8 Å². The average Bonchev–Trinajstić information content (AvgIpc) is 3.48. The van der Waals surface area contributed by atoms with E-state index in [1.54, 1.807) is 12.4 Å². The lowest BCUT2D eigenvalue weighted by molar-refractivity contribution is 0.402. The highest BCUT2D eigenvalue weighted by Crippen LogP contribution is 2.34. The topological polar surface area (TPSA) is 86.4 Å². The van der Waals surface area contributed by atoms with E-state index in [0.717, 1.165) is 62.1 Å². The quantitative estimate of drug-likeness (QED) is 0.376. The number of nitrogens with zero attached hydrogens (tertiary/aromatic N) is 5. The zero-order valence-electron chi connectivity index (χ0n) is 18.9. The second-order valence-electron chi connectivity index (χ2n) is 8.69. The number of fused-ring (bicyclic) bond motifs is 2. The summed E-state index contributed by atoms with van der Waals surface area (Å²) >= 11 is 0. The fraction of sp³-hybridized carbons (Fsp3) is 0.111. The van der Waals surface area contributed by atoms with Crippen molar-refractivity contribution in [2.75, 3.05) is 14.1 Å². The average molecular weight is 446 g/mol. The zero-order chi connectivity index (χ0) is 23.1. The van der Waals surface area contributed by atoms with Gasteiger partial charge in [-0.15, -0.1) is 0 Å². The third-order valence-electron chi connectivity index (χ3n) is 5.95. The van der Waals surface area contributed by atoms with E-state index >= 15 is 0 Å². The van der Waals surface area contributed by atoms with Gasteiger partial charge in [-0.3, -0.25) is 20.1 Å². The lowest BCUT2D eigenvalue weighted by Crippen LogP contribution is -2.10. The van der Waals surface area contributed by atoms with Crippen molar-refractivity contribution in [2.24, 2.45) is 0 Å². The van der Waals surface area contributed by atoms with Crippen LogP contribution in [0.5, 0.6) is 0 Å². The standard InChI is InChI=1S/C27H23N7/c1-34(2)16-17-11-20(15-29-14-17)19-3-4-24-21(12-19)27(33-32-24)25-13-22-23(31-25)7-10-30-26(22)18-5-8-28-9-6-18/h3-15,31H,16H2,1-2H3,(H,32,33). The fourth-order valence-corrected chi connectivity index (χ4v) is 4.42. The molecule has 7 nitrogen and oxygen atoms in total. The molecule has 34 heavy (non-hydrogen) atoms. The predicted molar refractivity (Wildman–Crippen MR) is 135 cm³/mol. The van der Waals surface area contributed by atoms with Crippen LogP contribution in [-0.4, -0.2) is 49.1 Å². The third kappa shape index (κ3) is 3.62. The first-order chi connectivity index (χ1) is 16.7. The van der Waals surface area contributed by atoms with Crippen LogP contribution in [0.4, 0.5) is 0 Å². The lowest BCUT2D eigenvalue weighted by atomic mass is 10.0. The van der Waals surface area contributed by atoms with Crippen LogP contribution < -0.4 is 0 Å². The number of pyridine rings is 3. The highest BCUT2D eigenvalue weighted by molar-refractivity contribution is 6.00. The summed E-state index contributed by atoms with van der Waals surface area (Å²) < 4.78 is 0. The summed E-state index contributed by atoms with van der Waals surface area (Å²) in [6.07, 6.45) is 9.23. The third-order valence-corrected chi connectivity index (χ3v) is 5.95. The van der Waals surface area contributed by atoms with Crippen LogP contribution in [0.15, 0.2) is 79.5 Å². The number of aromatic nitrogens is 6. The predicted octanol–water partition coefficient (Wildman–Crippen LogP) is 5.29. The van der Waals surface area contributed by atoms with E-state index < -0.39 is 0 Å². The van der Waals surface area contributed by atoms with E-state index in [2.05, 4.69) is 79.5 Å². The van der Waals surface area contributed by atoms with Crippen LogP contribution in [0.25, 0.3) is 55.6 Å². The van der Waals surface area contributed by atoms with Gasteiger partial charge in [-0.1, -0.05) is 6.07 Å². The Bertz CT molecular complexity index is 1610. The Kier molecular flexibility index (Phi) is 4.89. The van der Waals surface area contributed by atoms with E-state index in [9.17, 15) is 0 Å². The number of nitrogens with one attached hydrogen (secondary N) is 2. The van der Waals surface area contributed by atoms with Gasteiger partial charge in [-0.05, 0) is 67.7 Å². The Hall–Kier alpha value is -4.36. The summed E-state index contributed by atoms with van der Waals surface area (Å²) in [4.78, 5) is 18.9. The maximum Gasteiger partial charge on any atom is 0.116 e. The van der Waals surface area contributed by atoms with Crippen molar-refractivity contribution in [3.8, 4) is 33.8 Å². The first-order valence-electron chi connectivity index (χ1n) is 11.1. The first-order valence-corrected chi connectivity index (χ1v) is 11.1.